The van der Waals surface area contributed by atoms with Gasteiger partial charge in [-0.25, -0.2) is 9.59 Å². The van der Waals surface area contributed by atoms with Crippen molar-refractivity contribution in [2.75, 3.05) is 42.3 Å². The molecule has 0 aliphatic rings. The summed E-state index contributed by atoms with van der Waals surface area (Å²) in [4.78, 5) is 47.4. The second-order valence-corrected chi connectivity index (χ2v) is 4.82. The van der Waals surface area contributed by atoms with Gasteiger partial charge in [-0.1, -0.05) is 10.3 Å². The first-order valence-corrected chi connectivity index (χ1v) is 6.19. The molecule has 0 rings (SSSR count). The number of nitrogens with zero attached hydrogens (tertiary/aromatic N) is 5. The van der Waals surface area contributed by atoms with E-state index in [0.717, 1.165) is 9.80 Å². The highest BCUT2D eigenvalue weighted by atomic mass is 16.7. The van der Waals surface area contributed by atoms with E-state index in [1.807, 2.05) is 0 Å². The Balaban J connectivity index is 5.28. The number of oxime groups is 2. The van der Waals surface area contributed by atoms with Crippen LogP contribution >= 0.6 is 0 Å². The molecular weight excluding hydrogens is 294 g/mol. The molecule has 0 saturated carbocycles. The van der Waals surface area contributed by atoms with Crippen molar-refractivity contribution < 1.29 is 24.1 Å². The van der Waals surface area contributed by atoms with E-state index < -0.39 is 18.1 Å². The van der Waals surface area contributed by atoms with Crippen LogP contribution < -0.4 is 0 Å². The minimum Gasteiger partial charge on any atom is -0.343 e. The molecule has 3 amide bonds. The van der Waals surface area contributed by atoms with Crippen molar-refractivity contribution in [1.29, 1.82) is 0 Å². The van der Waals surface area contributed by atoms with Crippen LogP contribution in [0.5, 0.6) is 0 Å². The van der Waals surface area contributed by atoms with Crippen molar-refractivity contribution in [3.8, 4) is 0 Å². The van der Waals surface area contributed by atoms with Gasteiger partial charge in [0.2, 0.25) is 0 Å². The lowest BCUT2D eigenvalue weighted by atomic mass is 10.2. The number of carbonyl (C=O) groups excluding carboxylic acids is 3. The van der Waals surface area contributed by atoms with Gasteiger partial charge in [0.25, 0.3) is 5.91 Å². The zero-order chi connectivity index (χ0) is 17.4. The Hall–Kier alpha value is -2.65. The van der Waals surface area contributed by atoms with Crippen LogP contribution in [0.4, 0.5) is 9.59 Å². The summed E-state index contributed by atoms with van der Waals surface area (Å²) in [6.45, 7) is 1.40. The Kier molecular flexibility index (Phi) is 7.56. The second-order valence-electron chi connectivity index (χ2n) is 4.82. The quantitative estimate of drug-likeness (QED) is 0.419. The van der Waals surface area contributed by atoms with Crippen molar-refractivity contribution in [1.82, 2.24) is 14.7 Å². The smallest absolute Gasteiger partial charge is 0.343 e. The van der Waals surface area contributed by atoms with Crippen LogP contribution in [0, 0.1) is 0 Å². The number of rotatable bonds is 4. The molecule has 0 aromatic rings. The number of hydrogen-bond acceptors (Lipinski definition) is 7. The maximum Gasteiger partial charge on any atom is 0.435 e. The van der Waals surface area contributed by atoms with E-state index in [-0.39, 0.29) is 11.4 Å². The lowest BCUT2D eigenvalue weighted by Crippen LogP contribution is -2.35. The molecule has 0 spiro atoms. The Labute approximate surface area is 128 Å². The topological polar surface area (TPSA) is 104 Å². The first-order chi connectivity index (χ1) is 10.1. The van der Waals surface area contributed by atoms with Gasteiger partial charge in [0.15, 0.2) is 5.71 Å². The summed E-state index contributed by atoms with van der Waals surface area (Å²) in [6, 6.07) is 0. The van der Waals surface area contributed by atoms with Gasteiger partial charge < -0.3 is 14.7 Å². The number of carbonyl (C=O) groups is 3. The molecule has 0 atom stereocenters. The van der Waals surface area contributed by atoms with E-state index in [1.165, 1.54) is 54.1 Å². The highest BCUT2D eigenvalue weighted by Gasteiger charge is 2.20. The van der Waals surface area contributed by atoms with Crippen molar-refractivity contribution >= 4 is 29.5 Å². The van der Waals surface area contributed by atoms with E-state index >= 15 is 0 Å². The molecule has 0 bridgehead atoms. The standard InChI is InChI=1S/C12H21N5O5/c1-8(13-21-11(19)16(4)5)9(10(18)15(2)3)14-22-12(20)17(6)7/h1-7H3. The summed E-state index contributed by atoms with van der Waals surface area (Å²) in [6.07, 6.45) is -1.48. The van der Waals surface area contributed by atoms with Crippen LogP contribution in [-0.2, 0) is 14.5 Å². The first kappa shape index (κ1) is 19.4. The Morgan fingerprint density at radius 3 is 1.50 bits per heavy atom. The SMILES string of the molecule is CC(=NOC(=O)N(C)C)C(=NOC(=O)N(C)C)C(=O)N(C)C. The summed E-state index contributed by atoms with van der Waals surface area (Å²) in [5, 5.41) is 7.00. The van der Waals surface area contributed by atoms with Gasteiger partial charge >= 0.3 is 12.2 Å². The average molecular weight is 315 g/mol. The molecule has 10 heteroatoms. The normalized spacial score (nSPS) is 11.6. The second kappa shape index (κ2) is 8.60. The molecule has 124 valence electrons. The number of hydrogen-bond donors (Lipinski definition) is 0. The molecule has 0 N–H and O–H groups in total. The molecule has 0 aromatic carbocycles. The molecule has 0 saturated heterocycles. The van der Waals surface area contributed by atoms with E-state index in [1.54, 1.807) is 0 Å². The van der Waals surface area contributed by atoms with Crippen molar-refractivity contribution in [2.24, 2.45) is 10.3 Å². The predicted molar refractivity (Wildman–Crippen MR) is 79.6 cm³/mol. The molecule has 0 unspecified atom stereocenters. The third-order valence-electron chi connectivity index (χ3n) is 2.16. The minimum atomic E-state index is -0.762. The van der Waals surface area contributed by atoms with Gasteiger partial charge in [0.05, 0.1) is 0 Å². The molecule has 0 aliphatic carbocycles. The Bertz CT molecular complexity index is 496. The minimum absolute atomic E-state index is 0.0135. The molecule has 0 aliphatic heterocycles. The van der Waals surface area contributed by atoms with Crippen LogP contribution in [-0.4, -0.2) is 86.5 Å². The van der Waals surface area contributed by atoms with Gasteiger partial charge in [-0.05, 0) is 6.92 Å². The van der Waals surface area contributed by atoms with E-state index in [0.29, 0.717) is 0 Å². The zero-order valence-corrected chi connectivity index (χ0v) is 13.8. The monoisotopic (exact) mass is 315 g/mol. The third kappa shape index (κ3) is 6.20. The Morgan fingerprint density at radius 2 is 1.14 bits per heavy atom. The number of amides is 3. The lowest BCUT2D eigenvalue weighted by molar-refractivity contribution is -0.121. The fourth-order valence-corrected chi connectivity index (χ4v) is 0.870. The van der Waals surface area contributed by atoms with Crippen LogP contribution in [0.3, 0.4) is 0 Å². The average Bonchev–Trinajstić information content (AvgIpc) is 2.43. The van der Waals surface area contributed by atoms with Crippen LogP contribution in [0.2, 0.25) is 0 Å². The summed E-state index contributed by atoms with van der Waals surface area (Å²) in [5.41, 5.74) is -0.271. The largest absolute Gasteiger partial charge is 0.435 e. The molecular formula is C12H21N5O5. The van der Waals surface area contributed by atoms with Gasteiger partial charge in [-0.15, -0.1) is 0 Å². The maximum atomic E-state index is 12.0. The van der Waals surface area contributed by atoms with Gasteiger partial charge in [-0.3, -0.25) is 14.5 Å². The molecule has 22 heavy (non-hydrogen) atoms. The summed E-state index contributed by atoms with van der Waals surface area (Å²) < 4.78 is 0. The molecule has 0 fully saturated rings. The molecule has 0 aromatic heterocycles. The van der Waals surface area contributed by atoms with Gasteiger partial charge in [-0.2, -0.15) is 0 Å². The van der Waals surface area contributed by atoms with Crippen molar-refractivity contribution in [3.05, 3.63) is 0 Å². The van der Waals surface area contributed by atoms with E-state index in [4.69, 9.17) is 0 Å². The van der Waals surface area contributed by atoms with E-state index in [9.17, 15) is 14.4 Å². The van der Waals surface area contributed by atoms with Gasteiger partial charge in [0, 0.05) is 42.3 Å². The molecule has 0 heterocycles. The first-order valence-electron chi connectivity index (χ1n) is 6.19. The molecule has 10 nitrogen and oxygen atoms in total. The summed E-state index contributed by atoms with van der Waals surface area (Å²) in [7, 11) is 8.86. The Morgan fingerprint density at radius 1 is 0.727 bits per heavy atom. The molecule has 0 radical (unpaired) electrons. The fraction of sp³-hybridized carbons (Fsp3) is 0.583. The van der Waals surface area contributed by atoms with Crippen LogP contribution in [0.1, 0.15) is 6.92 Å². The maximum absolute atomic E-state index is 12.0. The predicted octanol–water partition coefficient (Wildman–Crippen LogP) is 0.203. The summed E-state index contributed by atoms with van der Waals surface area (Å²) in [5.74, 6) is -0.561. The van der Waals surface area contributed by atoms with E-state index in [2.05, 4.69) is 20.0 Å². The third-order valence-corrected chi connectivity index (χ3v) is 2.16. The zero-order valence-electron chi connectivity index (χ0n) is 13.8. The summed E-state index contributed by atoms with van der Waals surface area (Å²) >= 11 is 0. The fourth-order valence-electron chi connectivity index (χ4n) is 0.870. The van der Waals surface area contributed by atoms with Gasteiger partial charge in [0.1, 0.15) is 5.71 Å². The van der Waals surface area contributed by atoms with Crippen LogP contribution in [0.15, 0.2) is 10.3 Å². The lowest BCUT2D eigenvalue weighted by Gasteiger charge is -2.13. The van der Waals surface area contributed by atoms with Crippen molar-refractivity contribution in [2.45, 2.75) is 6.92 Å². The van der Waals surface area contributed by atoms with Crippen molar-refractivity contribution in [3.63, 3.8) is 0 Å². The van der Waals surface area contributed by atoms with Crippen LogP contribution in [0.25, 0.3) is 0 Å². The highest BCUT2D eigenvalue weighted by Crippen LogP contribution is 1.97. The highest BCUT2D eigenvalue weighted by molar-refractivity contribution is 6.66.